The summed E-state index contributed by atoms with van der Waals surface area (Å²) in [5.74, 6) is 0. The molecule has 0 unspecified atom stereocenters. The summed E-state index contributed by atoms with van der Waals surface area (Å²) in [4.78, 5) is 3.73. The zero-order chi connectivity index (χ0) is 22.8. The Bertz CT molecular complexity index is 1290. The molecular weight excluding hydrogens is 444 g/mol. The molecule has 5 rings (SSSR count). The van der Waals surface area contributed by atoms with E-state index in [-0.39, 0.29) is 0 Å². The Labute approximate surface area is 205 Å². The van der Waals surface area contributed by atoms with E-state index >= 15 is 0 Å². The lowest BCUT2D eigenvalue weighted by atomic mass is 10.1. The van der Waals surface area contributed by atoms with Crippen LogP contribution in [-0.2, 0) is 13.1 Å². The van der Waals surface area contributed by atoms with Gasteiger partial charge in [-0.05, 0) is 41.5 Å². The lowest BCUT2D eigenvalue weighted by molar-refractivity contribution is -0.700. The van der Waals surface area contributed by atoms with E-state index in [4.69, 9.17) is 11.6 Å². The van der Waals surface area contributed by atoms with Crippen molar-refractivity contribution < 1.29 is 4.57 Å². The highest BCUT2D eigenvalue weighted by Gasteiger charge is 2.25. The van der Waals surface area contributed by atoms with E-state index in [0.717, 1.165) is 18.1 Å². The van der Waals surface area contributed by atoms with Crippen molar-refractivity contribution in [2.75, 3.05) is 4.90 Å². The fourth-order valence-electron chi connectivity index (χ4n) is 4.30. The molecule has 2 nitrogen and oxygen atoms in total. The van der Waals surface area contributed by atoms with Gasteiger partial charge in [0, 0.05) is 48.0 Å². The number of halogens is 1. The van der Waals surface area contributed by atoms with Crippen LogP contribution in [0.1, 0.15) is 28.1 Å². The number of thioether (sulfide) groups is 1. The van der Waals surface area contributed by atoms with E-state index in [1.54, 1.807) is 0 Å². The van der Waals surface area contributed by atoms with E-state index in [0.29, 0.717) is 0 Å². The number of para-hydroxylation sites is 1. The first-order valence-corrected chi connectivity index (χ1v) is 12.3. The Balaban J connectivity index is 1.46. The van der Waals surface area contributed by atoms with E-state index in [2.05, 4.69) is 108 Å². The zero-order valence-electron chi connectivity index (χ0n) is 18.8. The zero-order valence-corrected chi connectivity index (χ0v) is 20.4. The molecule has 1 aliphatic rings. The van der Waals surface area contributed by atoms with Gasteiger partial charge in [0.15, 0.2) is 17.9 Å². The van der Waals surface area contributed by atoms with Crippen LogP contribution in [0.3, 0.4) is 0 Å². The average Bonchev–Trinajstić information content (AvgIpc) is 3.15. The van der Waals surface area contributed by atoms with Crippen molar-refractivity contribution in [1.29, 1.82) is 0 Å². The molecule has 0 saturated heterocycles. The molecule has 0 N–H and O–H groups in total. The van der Waals surface area contributed by atoms with E-state index in [9.17, 15) is 0 Å². The SMILES string of the molecule is Cc1cc(/C=C2\Sc3ccccc3N2Cc2ccccc2)cc(C)[n+]1Cc1ccc(Cl)cc1. The summed E-state index contributed by atoms with van der Waals surface area (Å²) in [7, 11) is 0. The number of nitrogens with zero attached hydrogens (tertiary/aromatic N) is 2. The van der Waals surface area contributed by atoms with Crippen LogP contribution in [-0.4, -0.2) is 0 Å². The fourth-order valence-corrected chi connectivity index (χ4v) is 5.54. The smallest absolute Gasteiger partial charge is 0.179 e. The largest absolute Gasteiger partial charge is 0.330 e. The molecule has 0 saturated carbocycles. The Morgan fingerprint density at radius 2 is 1.48 bits per heavy atom. The third-order valence-electron chi connectivity index (χ3n) is 5.97. The number of pyridine rings is 1. The summed E-state index contributed by atoms with van der Waals surface area (Å²) < 4.78 is 2.35. The van der Waals surface area contributed by atoms with Crippen molar-refractivity contribution >= 4 is 35.1 Å². The molecular formula is C29H26ClN2S+. The van der Waals surface area contributed by atoms with Crippen LogP contribution in [0.25, 0.3) is 6.08 Å². The Hall–Kier alpha value is -3.01. The van der Waals surface area contributed by atoms with Gasteiger partial charge in [-0.25, -0.2) is 0 Å². The van der Waals surface area contributed by atoms with Gasteiger partial charge in [0.05, 0.1) is 10.7 Å². The number of fused-ring (bicyclic) bond motifs is 1. The van der Waals surface area contributed by atoms with E-state index < -0.39 is 0 Å². The second-order valence-electron chi connectivity index (χ2n) is 8.41. The molecule has 164 valence electrons. The molecule has 1 aliphatic heterocycles. The molecule has 0 fully saturated rings. The van der Waals surface area contributed by atoms with Crippen LogP contribution in [0.2, 0.25) is 5.02 Å². The number of benzene rings is 3. The van der Waals surface area contributed by atoms with Gasteiger partial charge in [-0.15, -0.1) is 0 Å². The Morgan fingerprint density at radius 1 is 0.818 bits per heavy atom. The van der Waals surface area contributed by atoms with Gasteiger partial charge in [-0.2, -0.15) is 4.57 Å². The second kappa shape index (κ2) is 9.46. The average molecular weight is 470 g/mol. The first-order valence-electron chi connectivity index (χ1n) is 11.1. The van der Waals surface area contributed by atoms with Gasteiger partial charge in [-0.1, -0.05) is 78.0 Å². The highest BCUT2D eigenvalue weighted by atomic mass is 35.5. The molecule has 0 radical (unpaired) electrons. The van der Waals surface area contributed by atoms with Crippen molar-refractivity contribution in [3.63, 3.8) is 0 Å². The van der Waals surface area contributed by atoms with Crippen molar-refractivity contribution in [2.45, 2.75) is 31.8 Å². The molecule has 4 aromatic rings. The summed E-state index contributed by atoms with van der Waals surface area (Å²) in [6.45, 7) is 6.07. The summed E-state index contributed by atoms with van der Waals surface area (Å²) in [6, 6.07) is 32.0. The van der Waals surface area contributed by atoms with Crippen LogP contribution >= 0.6 is 23.4 Å². The van der Waals surface area contributed by atoms with Crippen molar-refractivity contribution in [2.24, 2.45) is 0 Å². The summed E-state index contributed by atoms with van der Waals surface area (Å²) in [5.41, 5.74) is 7.55. The molecule has 4 heteroatoms. The lowest BCUT2D eigenvalue weighted by Gasteiger charge is -2.21. The summed E-state index contributed by atoms with van der Waals surface area (Å²) in [5, 5.41) is 2.03. The van der Waals surface area contributed by atoms with E-state index in [1.165, 1.54) is 43.7 Å². The number of aryl methyl sites for hydroxylation is 2. The van der Waals surface area contributed by atoms with Crippen LogP contribution < -0.4 is 9.47 Å². The van der Waals surface area contributed by atoms with Crippen molar-refractivity contribution in [3.05, 3.63) is 129 Å². The van der Waals surface area contributed by atoms with Gasteiger partial charge in [0.1, 0.15) is 0 Å². The maximum absolute atomic E-state index is 6.06. The molecule has 3 aromatic carbocycles. The Kier molecular flexibility index (Phi) is 6.26. The number of aromatic nitrogens is 1. The molecule has 0 aliphatic carbocycles. The Morgan fingerprint density at radius 3 is 2.21 bits per heavy atom. The summed E-state index contributed by atoms with van der Waals surface area (Å²) >= 11 is 7.90. The monoisotopic (exact) mass is 469 g/mol. The molecule has 2 heterocycles. The minimum absolute atomic E-state index is 0.772. The van der Waals surface area contributed by atoms with Crippen LogP contribution in [0.5, 0.6) is 0 Å². The van der Waals surface area contributed by atoms with Gasteiger partial charge in [0.25, 0.3) is 0 Å². The molecule has 0 bridgehead atoms. The molecule has 0 atom stereocenters. The second-order valence-corrected chi connectivity index (χ2v) is 9.91. The minimum Gasteiger partial charge on any atom is -0.330 e. The first-order chi connectivity index (χ1) is 16.1. The van der Waals surface area contributed by atoms with Crippen LogP contribution in [0.15, 0.2) is 101 Å². The molecule has 33 heavy (non-hydrogen) atoms. The minimum atomic E-state index is 0.772. The number of hydrogen-bond donors (Lipinski definition) is 0. The maximum atomic E-state index is 6.06. The molecule has 1 aromatic heterocycles. The fraction of sp³-hybridized carbons (Fsp3) is 0.138. The van der Waals surface area contributed by atoms with Crippen LogP contribution in [0, 0.1) is 13.8 Å². The number of anilines is 1. The quantitative estimate of drug-likeness (QED) is 0.281. The highest BCUT2D eigenvalue weighted by Crippen LogP contribution is 2.47. The standard InChI is InChI=1S/C29H26ClN2S/c1-21-16-25(17-22(2)31(21)19-24-12-14-26(30)15-13-24)18-29-32(20-23-8-4-3-5-9-23)27-10-6-7-11-28(27)33-29/h3-18H,19-20H2,1-2H3/q+1. The molecule has 0 spiro atoms. The van der Waals surface area contributed by atoms with Gasteiger partial charge in [-0.3, -0.25) is 0 Å². The predicted octanol–water partition coefficient (Wildman–Crippen LogP) is 7.40. The van der Waals surface area contributed by atoms with Gasteiger partial charge < -0.3 is 4.90 Å². The van der Waals surface area contributed by atoms with Crippen molar-refractivity contribution in [3.8, 4) is 0 Å². The predicted molar refractivity (Wildman–Crippen MR) is 140 cm³/mol. The van der Waals surface area contributed by atoms with Gasteiger partial charge >= 0.3 is 0 Å². The number of rotatable bonds is 5. The van der Waals surface area contributed by atoms with Crippen LogP contribution in [0.4, 0.5) is 5.69 Å². The normalized spacial score (nSPS) is 14.0. The lowest BCUT2D eigenvalue weighted by Crippen LogP contribution is -2.40. The first kappa shape index (κ1) is 21.8. The topological polar surface area (TPSA) is 7.12 Å². The highest BCUT2D eigenvalue weighted by molar-refractivity contribution is 8.03. The summed E-state index contributed by atoms with van der Waals surface area (Å²) in [6.07, 6.45) is 2.32. The third-order valence-corrected chi connectivity index (χ3v) is 7.33. The van der Waals surface area contributed by atoms with Gasteiger partial charge in [0.2, 0.25) is 0 Å². The van der Waals surface area contributed by atoms with Crippen molar-refractivity contribution in [1.82, 2.24) is 0 Å². The molecule has 0 amide bonds. The maximum Gasteiger partial charge on any atom is 0.179 e. The van der Waals surface area contributed by atoms with E-state index in [1.807, 2.05) is 23.9 Å². The third kappa shape index (κ3) is 4.85. The number of hydrogen-bond acceptors (Lipinski definition) is 2.